The van der Waals surface area contributed by atoms with E-state index >= 15 is 0 Å². The molecule has 1 N–H and O–H groups in total. The lowest BCUT2D eigenvalue weighted by atomic mass is 9.81. The maximum atomic E-state index is 12.5. The summed E-state index contributed by atoms with van der Waals surface area (Å²) in [6, 6.07) is 8.99. The topological polar surface area (TPSA) is 82.4 Å². The molecule has 1 heterocycles. The molecular weight excluding hydrogens is 318 g/mol. The zero-order chi connectivity index (χ0) is 17.6. The fraction of sp³-hybridized carbons (Fsp3) is 0.526. The summed E-state index contributed by atoms with van der Waals surface area (Å²) in [7, 11) is 0. The molecule has 132 valence electrons. The normalized spacial score (nSPS) is 23.6. The van der Waals surface area contributed by atoms with Crippen molar-refractivity contribution in [2.75, 3.05) is 31.6 Å². The van der Waals surface area contributed by atoms with E-state index in [1.165, 1.54) is 0 Å². The molecule has 2 amide bonds. The maximum Gasteiger partial charge on any atom is 0.227 e. The number of nitrogens with zero attached hydrogens (tertiary/aromatic N) is 2. The second-order valence-corrected chi connectivity index (χ2v) is 6.67. The molecule has 1 saturated heterocycles. The minimum absolute atomic E-state index is 0.0210. The third kappa shape index (κ3) is 4.37. The van der Waals surface area contributed by atoms with Gasteiger partial charge in [-0.1, -0.05) is 6.07 Å². The van der Waals surface area contributed by atoms with Crippen LogP contribution < -0.4 is 5.32 Å². The molecule has 0 aromatic heterocycles. The Labute approximate surface area is 147 Å². The molecular formula is C19H23N3O3. The fourth-order valence-corrected chi connectivity index (χ4v) is 3.56. The smallest absolute Gasteiger partial charge is 0.227 e. The summed E-state index contributed by atoms with van der Waals surface area (Å²) >= 11 is 0. The Hall–Kier alpha value is -2.39. The summed E-state index contributed by atoms with van der Waals surface area (Å²) in [6.07, 6.45) is 2.97. The van der Waals surface area contributed by atoms with E-state index in [0.29, 0.717) is 37.6 Å². The summed E-state index contributed by atoms with van der Waals surface area (Å²) in [6.45, 7) is 2.58. The van der Waals surface area contributed by atoms with Crippen LogP contribution in [-0.2, 0) is 14.3 Å². The molecule has 1 aromatic rings. The van der Waals surface area contributed by atoms with Gasteiger partial charge in [0.05, 0.1) is 24.8 Å². The number of rotatable bonds is 3. The zero-order valence-corrected chi connectivity index (χ0v) is 14.2. The molecule has 1 aliphatic carbocycles. The van der Waals surface area contributed by atoms with Crippen LogP contribution in [0, 0.1) is 23.2 Å². The van der Waals surface area contributed by atoms with E-state index in [9.17, 15) is 9.59 Å². The summed E-state index contributed by atoms with van der Waals surface area (Å²) in [5, 5.41) is 11.8. The lowest BCUT2D eigenvalue weighted by molar-refractivity contribution is -0.141. The van der Waals surface area contributed by atoms with E-state index in [2.05, 4.69) is 11.4 Å². The number of amides is 2. The number of carbonyl (C=O) groups is 2. The van der Waals surface area contributed by atoms with Crippen LogP contribution in [0.5, 0.6) is 0 Å². The second kappa shape index (κ2) is 8.13. The number of nitriles is 1. The average Bonchev–Trinajstić information content (AvgIpc) is 2.68. The molecule has 1 aromatic carbocycles. The van der Waals surface area contributed by atoms with Crippen molar-refractivity contribution >= 4 is 17.5 Å². The summed E-state index contributed by atoms with van der Waals surface area (Å²) in [4.78, 5) is 26.9. The Morgan fingerprint density at radius 1 is 1.12 bits per heavy atom. The lowest BCUT2D eigenvalue weighted by Gasteiger charge is -2.33. The number of benzene rings is 1. The lowest BCUT2D eigenvalue weighted by Crippen LogP contribution is -2.44. The van der Waals surface area contributed by atoms with Gasteiger partial charge in [0.25, 0.3) is 0 Å². The van der Waals surface area contributed by atoms with Gasteiger partial charge in [-0.05, 0) is 43.9 Å². The van der Waals surface area contributed by atoms with Gasteiger partial charge in [0.2, 0.25) is 11.8 Å². The number of nitrogens with one attached hydrogen (secondary N) is 1. The van der Waals surface area contributed by atoms with Crippen LogP contribution in [0.2, 0.25) is 0 Å². The molecule has 2 aliphatic rings. The number of anilines is 1. The van der Waals surface area contributed by atoms with E-state index < -0.39 is 0 Å². The highest BCUT2D eigenvalue weighted by Gasteiger charge is 2.32. The Bertz CT molecular complexity index is 669. The SMILES string of the molecule is N#Cc1cccc(NC(=O)C2CCC(C(=O)N3CCOCC3)CC2)c1. The van der Waals surface area contributed by atoms with E-state index in [-0.39, 0.29) is 23.7 Å². The third-order valence-corrected chi connectivity index (χ3v) is 5.03. The summed E-state index contributed by atoms with van der Waals surface area (Å²) in [5.74, 6) is 0.153. The van der Waals surface area contributed by atoms with Gasteiger partial charge in [0, 0.05) is 30.6 Å². The van der Waals surface area contributed by atoms with E-state index in [4.69, 9.17) is 10.00 Å². The van der Waals surface area contributed by atoms with Gasteiger partial charge in [-0.2, -0.15) is 5.26 Å². The Balaban J connectivity index is 1.50. The van der Waals surface area contributed by atoms with Crippen LogP contribution in [0.4, 0.5) is 5.69 Å². The van der Waals surface area contributed by atoms with Crippen LogP contribution >= 0.6 is 0 Å². The number of morpholine rings is 1. The molecule has 1 aliphatic heterocycles. The van der Waals surface area contributed by atoms with E-state index in [0.717, 1.165) is 25.7 Å². The predicted octanol–water partition coefficient (Wildman–Crippen LogP) is 2.16. The highest BCUT2D eigenvalue weighted by atomic mass is 16.5. The monoisotopic (exact) mass is 341 g/mol. The van der Waals surface area contributed by atoms with Gasteiger partial charge in [-0.25, -0.2) is 0 Å². The number of carbonyl (C=O) groups excluding carboxylic acids is 2. The predicted molar refractivity (Wildman–Crippen MR) is 92.6 cm³/mol. The van der Waals surface area contributed by atoms with Crippen molar-refractivity contribution in [1.29, 1.82) is 5.26 Å². The standard InChI is InChI=1S/C19H23N3O3/c20-13-14-2-1-3-17(12-14)21-18(23)15-4-6-16(7-5-15)19(24)22-8-10-25-11-9-22/h1-3,12,15-16H,4-11H2,(H,21,23). The molecule has 3 rings (SSSR count). The summed E-state index contributed by atoms with van der Waals surface area (Å²) < 4.78 is 5.29. The molecule has 0 radical (unpaired) electrons. The molecule has 0 unspecified atom stereocenters. The average molecular weight is 341 g/mol. The highest BCUT2D eigenvalue weighted by Crippen LogP contribution is 2.31. The number of hydrogen-bond acceptors (Lipinski definition) is 4. The largest absolute Gasteiger partial charge is 0.378 e. The summed E-state index contributed by atoms with van der Waals surface area (Å²) in [5.41, 5.74) is 1.17. The van der Waals surface area contributed by atoms with Crippen molar-refractivity contribution in [2.45, 2.75) is 25.7 Å². The van der Waals surface area contributed by atoms with Crippen LogP contribution in [0.1, 0.15) is 31.2 Å². The van der Waals surface area contributed by atoms with Crippen LogP contribution in [0.25, 0.3) is 0 Å². The van der Waals surface area contributed by atoms with Gasteiger partial charge in [0.15, 0.2) is 0 Å². The number of hydrogen-bond donors (Lipinski definition) is 1. The van der Waals surface area contributed by atoms with Crippen LogP contribution in [-0.4, -0.2) is 43.0 Å². The minimum Gasteiger partial charge on any atom is -0.378 e. The van der Waals surface area contributed by atoms with Gasteiger partial charge >= 0.3 is 0 Å². The number of ether oxygens (including phenoxy) is 1. The Kier molecular flexibility index (Phi) is 5.67. The van der Waals surface area contributed by atoms with Crippen molar-refractivity contribution in [3.63, 3.8) is 0 Å². The quantitative estimate of drug-likeness (QED) is 0.913. The van der Waals surface area contributed by atoms with Gasteiger partial charge in [-0.3, -0.25) is 9.59 Å². The van der Waals surface area contributed by atoms with Crippen LogP contribution in [0.15, 0.2) is 24.3 Å². The van der Waals surface area contributed by atoms with Crippen molar-refractivity contribution in [1.82, 2.24) is 4.90 Å². The van der Waals surface area contributed by atoms with E-state index in [1.807, 2.05) is 4.90 Å². The van der Waals surface area contributed by atoms with Gasteiger partial charge in [0.1, 0.15) is 0 Å². The first kappa shape index (κ1) is 17.4. The molecule has 2 fully saturated rings. The molecule has 0 spiro atoms. The Morgan fingerprint density at radius 3 is 2.48 bits per heavy atom. The molecule has 0 bridgehead atoms. The van der Waals surface area contributed by atoms with Crippen molar-refractivity contribution in [2.24, 2.45) is 11.8 Å². The van der Waals surface area contributed by atoms with Crippen molar-refractivity contribution < 1.29 is 14.3 Å². The molecule has 0 atom stereocenters. The minimum atomic E-state index is -0.0699. The molecule has 6 heteroatoms. The molecule has 6 nitrogen and oxygen atoms in total. The second-order valence-electron chi connectivity index (χ2n) is 6.67. The van der Waals surface area contributed by atoms with Gasteiger partial charge in [-0.15, -0.1) is 0 Å². The van der Waals surface area contributed by atoms with Crippen molar-refractivity contribution in [3.05, 3.63) is 29.8 Å². The highest BCUT2D eigenvalue weighted by molar-refractivity contribution is 5.93. The van der Waals surface area contributed by atoms with Gasteiger partial charge < -0.3 is 15.0 Å². The maximum absolute atomic E-state index is 12.5. The third-order valence-electron chi connectivity index (χ3n) is 5.03. The molecule has 25 heavy (non-hydrogen) atoms. The first-order valence-corrected chi connectivity index (χ1v) is 8.85. The zero-order valence-electron chi connectivity index (χ0n) is 14.2. The molecule has 1 saturated carbocycles. The van der Waals surface area contributed by atoms with E-state index in [1.54, 1.807) is 24.3 Å². The first-order chi connectivity index (χ1) is 12.2. The fourth-order valence-electron chi connectivity index (χ4n) is 3.56. The van der Waals surface area contributed by atoms with Crippen LogP contribution in [0.3, 0.4) is 0 Å². The first-order valence-electron chi connectivity index (χ1n) is 8.85. The van der Waals surface area contributed by atoms with Crippen molar-refractivity contribution in [3.8, 4) is 6.07 Å². The Morgan fingerprint density at radius 2 is 1.80 bits per heavy atom.